The predicted octanol–water partition coefficient (Wildman–Crippen LogP) is 6.10. The van der Waals surface area contributed by atoms with Crippen molar-refractivity contribution in [3.63, 3.8) is 0 Å². The number of aryl methyl sites for hydroxylation is 1. The molecule has 6 nitrogen and oxygen atoms in total. The van der Waals surface area contributed by atoms with E-state index in [2.05, 4.69) is 9.98 Å². The highest BCUT2D eigenvalue weighted by atomic mass is 35.5. The number of hydrogen-bond acceptors (Lipinski definition) is 6. The first kappa shape index (κ1) is 22.2. The zero-order valence-electron chi connectivity index (χ0n) is 17.3. The van der Waals surface area contributed by atoms with E-state index in [1.165, 1.54) is 24.3 Å². The van der Waals surface area contributed by atoms with Gasteiger partial charge in [0.25, 0.3) is 0 Å². The average molecular weight is 486 g/mol. The lowest BCUT2D eigenvalue weighted by molar-refractivity contribution is -0.130. The summed E-state index contributed by atoms with van der Waals surface area (Å²) in [5.74, 6) is -0.678. The molecule has 0 N–H and O–H groups in total. The Morgan fingerprint density at radius 3 is 2.69 bits per heavy atom. The van der Waals surface area contributed by atoms with Gasteiger partial charge in [-0.25, -0.2) is 14.8 Å². The molecule has 0 unspecified atom stereocenters. The van der Waals surface area contributed by atoms with Gasteiger partial charge in [0.1, 0.15) is 0 Å². The van der Waals surface area contributed by atoms with Crippen LogP contribution in [0, 0.1) is 13.8 Å². The molecule has 32 heavy (non-hydrogen) atoms. The second-order valence-electron chi connectivity index (χ2n) is 7.09. The molecule has 1 aliphatic rings. The molecule has 0 saturated carbocycles. The smallest absolute Gasteiger partial charge is 0.363 e. The Bertz CT molecular complexity index is 1310. The monoisotopic (exact) mass is 485 g/mol. The van der Waals surface area contributed by atoms with E-state index < -0.39 is 5.97 Å². The molecule has 0 radical (unpaired) electrons. The van der Waals surface area contributed by atoms with Gasteiger partial charge in [-0.05, 0) is 55.3 Å². The molecule has 0 spiro atoms. The quantitative estimate of drug-likeness (QED) is 0.330. The number of esters is 1. The number of anilines is 2. The largest absolute Gasteiger partial charge is 0.402 e. The van der Waals surface area contributed by atoms with Crippen LogP contribution < -0.4 is 4.90 Å². The van der Waals surface area contributed by atoms with Crippen molar-refractivity contribution in [2.45, 2.75) is 20.8 Å². The van der Waals surface area contributed by atoms with Crippen LogP contribution in [0.1, 0.15) is 29.3 Å². The Labute approximate surface area is 198 Å². The fraction of sp³-hybridized carbons (Fsp3) is 0.130. The summed E-state index contributed by atoms with van der Waals surface area (Å²) in [4.78, 5) is 35.1. The van der Waals surface area contributed by atoms with Crippen molar-refractivity contribution in [3.8, 4) is 0 Å². The fourth-order valence-corrected chi connectivity index (χ4v) is 4.48. The zero-order chi connectivity index (χ0) is 23.0. The van der Waals surface area contributed by atoms with Gasteiger partial charge >= 0.3 is 5.97 Å². The van der Waals surface area contributed by atoms with Gasteiger partial charge in [0, 0.05) is 17.3 Å². The molecule has 2 aromatic carbocycles. The molecule has 1 amide bonds. The SMILES string of the molecule is CC(=O)N(c1nc(C=C2N=C(c3ccc(Cl)cc3Cl)OC2=O)cs1)c1cccc(C)c1C. The Balaban J connectivity index is 1.67. The standard InChI is InChI=1S/C23H17Cl2N3O3S/c1-12-5-4-6-20(13(12)2)28(14(3)29)23-26-16(11-32-23)10-19-22(30)31-21(27-19)17-8-7-15(24)9-18(17)25/h4-11H,1-3H3. The van der Waals surface area contributed by atoms with Gasteiger partial charge in [-0.2, -0.15) is 0 Å². The maximum absolute atomic E-state index is 12.4. The van der Waals surface area contributed by atoms with Crippen LogP contribution >= 0.6 is 34.5 Å². The highest BCUT2D eigenvalue weighted by Gasteiger charge is 2.26. The number of halogens is 2. The van der Waals surface area contributed by atoms with E-state index in [4.69, 9.17) is 27.9 Å². The minimum atomic E-state index is -0.612. The molecule has 0 bridgehead atoms. The summed E-state index contributed by atoms with van der Waals surface area (Å²) in [5, 5.41) is 3.04. The van der Waals surface area contributed by atoms with Gasteiger partial charge in [-0.1, -0.05) is 35.3 Å². The summed E-state index contributed by atoms with van der Waals surface area (Å²) < 4.78 is 5.27. The third-order valence-corrected chi connectivity index (χ3v) is 6.29. The molecule has 9 heteroatoms. The Hall–Kier alpha value is -3.00. The van der Waals surface area contributed by atoms with Gasteiger partial charge < -0.3 is 4.74 Å². The van der Waals surface area contributed by atoms with E-state index in [1.807, 2.05) is 32.0 Å². The van der Waals surface area contributed by atoms with Crippen LogP contribution in [0.3, 0.4) is 0 Å². The first-order chi connectivity index (χ1) is 15.2. The number of aromatic nitrogens is 1. The van der Waals surface area contributed by atoms with Crippen LogP contribution in [0.15, 0.2) is 52.5 Å². The van der Waals surface area contributed by atoms with E-state index in [9.17, 15) is 9.59 Å². The van der Waals surface area contributed by atoms with E-state index in [1.54, 1.807) is 28.5 Å². The number of carbonyl (C=O) groups excluding carboxylic acids is 2. The van der Waals surface area contributed by atoms with E-state index in [-0.39, 0.29) is 17.5 Å². The fourth-order valence-electron chi connectivity index (χ4n) is 3.16. The summed E-state index contributed by atoms with van der Waals surface area (Å²) in [7, 11) is 0. The predicted molar refractivity (Wildman–Crippen MR) is 128 cm³/mol. The maximum atomic E-state index is 12.4. The van der Waals surface area contributed by atoms with Gasteiger partial charge in [0.05, 0.1) is 22.0 Å². The summed E-state index contributed by atoms with van der Waals surface area (Å²) in [6.45, 7) is 5.44. The molecule has 2 heterocycles. The highest BCUT2D eigenvalue weighted by Crippen LogP contribution is 2.33. The minimum absolute atomic E-state index is 0.0870. The lowest BCUT2D eigenvalue weighted by Crippen LogP contribution is -2.23. The summed E-state index contributed by atoms with van der Waals surface area (Å²) in [6.07, 6.45) is 1.51. The van der Waals surface area contributed by atoms with Crippen molar-refractivity contribution < 1.29 is 14.3 Å². The zero-order valence-corrected chi connectivity index (χ0v) is 19.7. The number of thiazole rings is 1. The highest BCUT2D eigenvalue weighted by molar-refractivity contribution is 7.14. The molecular weight excluding hydrogens is 469 g/mol. The van der Waals surface area contributed by atoms with Crippen LogP contribution in [0.25, 0.3) is 6.08 Å². The molecular formula is C23H17Cl2N3O3S. The molecule has 4 rings (SSSR count). The van der Waals surface area contributed by atoms with Crippen LogP contribution in [-0.2, 0) is 14.3 Å². The summed E-state index contributed by atoms with van der Waals surface area (Å²) in [5.41, 5.74) is 3.87. The summed E-state index contributed by atoms with van der Waals surface area (Å²) >= 11 is 13.4. The number of nitrogens with zero attached hydrogens (tertiary/aromatic N) is 3. The first-order valence-corrected chi connectivity index (χ1v) is 11.2. The molecule has 0 saturated heterocycles. The number of ether oxygens (including phenoxy) is 1. The number of hydrogen-bond donors (Lipinski definition) is 0. The van der Waals surface area contributed by atoms with Gasteiger partial charge in [0.2, 0.25) is 11.8 Å². The lowest BCUT2D eigenvalue weighted by Gasteiger charge is -2.21. The van der Waals surface area contributed by atoms with Crippen molar-refractivity contribution in [2.24, 2.45) is 4.99 Å². The number of benzene rings is 2. The van der Waals surface area contributed by atoms with Crippen molar-refractivity contribution >= 4 is 69.2 Å². The molecule has 0 atom stereocenters. The normalized spacial score (nSPS) is 14.5. The van der Waals surface area contributed by atoms with Gasteiger partial charge in [0.15, 0.2) is 10.8 Å². The van der Waals surface area contributed by atoms with Crippen molar-refractivity contribution in [2.75, 3.05) is 4.90 Å². The van der Waals surface area contributed by atoms with Crippen molar-refractivity contribution in [3.05, 3.63) is 79.9 Å². The van der Waals surface area contributed by atoms with E-state index in [0.717, 1.165) is 16.8 Å². The summed E-state index contributed by atoms with van der Waals surface area (Å²) in [6, 6.07) is 10.6. The Morgan fingerprint density at radius 1 is 1.19 bits per heavy atom. The minimum Gasteiger partial charge on any atom is -0.402 e. The molecule has 1 aliphatic heterocycles. The molecule has 3 aromatic rings. The van der Waals surface area contributed by atoms with Gasteiger partial charge in [-0.3, -0.25) is 9.69 Å². The van der Waals surface area contributed by atoms with E-state index in [0.29, 0.717) is 26.4 Å². The number of amides is 1. The van der Waals surface area contributed by atoms with Crippen molar-refractivity contribution in [1.29, 1.82) is 0 Å². The van der Waals surface area contributed by atoms with Crippen LogP contribution in [0.5, 0.6) is 0 Å². The third kappa shape index (κ3) is 4.32. The topological polar surface area (TPSA) is 71.9 Å². The molecule has 1 aromatic heterocycles. The second-order valence-corrected chi connectivity index (χ2v) is 8.77. The van der Waals surface area contributed by atoms with Crippen LogP contribution in [-0.4, -0.2) is 22.8 Å². The Morgan fingerprint density at radius 2 is 1.97 bits per heavy atom. The third-order valence-electron chi connectivity index (χ3n) is 4.90. The maximum Gasteiger partial charge on any atom is 0.363 e. The average Bonchev–Trinajstić information content (AvgIpc) is 3.32. The number of carbonyl (C=O) groups is 2. The first-order valence-electron chi connectivity index (χ1n) is 9.55. The van der Waals surface area contributed by atoms with Gasteiger partial charge in [-0.15, -0.1) is 11.3 Å². The number of cyclic esters (lactones) is 1. The van der Waals surface area contributed by atoms with Crippen molar-refractivity contribution in [1.82, 2.24) is 4.98 Å². The molecule has 0 fully saturated rings. The van der Waals surface area contributed by atoms with Crippen LogP contribution in [0.4, 0.5) is 10.8 Å². The number of rotatable bonds is 4. The molecule has 162 valence electrons. The lowest BCUT2D eigenvalue weighted by atomic mass is 10.1. The molecule has 0 aliphatic carbocycles. The van der Waals surface area contributed by atoms with E-state index >= 15 is 0 Å². The second kappa shape index (κ2) is 8.86. The Kier molecular flexibility index (Phi) is 6.15. The van der Waals surface area contributed by atoms with Crippen LogP contribution in [0.2, 0.25) is 10.0 Å². The number of aliphatic imine (C=N–C) groups is 1.